The molecule has 0 saturated heterocycles. The van der Waals surface area contributed by atoms with Crippen LogP contribution >= 0.6 is 23.4 Å². The Balaban J connectivity index is 1.62. The largest absolute Gasteiger partial charge is 0.481 e. The van der Waals surface area contributed by atoms with Gasteiger partial charge in [0.05, 0.1) is 12.0 Å². The van der Waals surface area contributed by atoms with Crippen molar-refractivity contribution >= 4 is 29.3 Å². The van der Waals surface area contributed by atoms with Crippen LogP contribution < -0.4 is 10.1 Å². The van der Waals surface area contributed by atoms with Crippen LogP contribution in [0.4, 0.5) is 0 Å². The Morgan fingerprint density at radius 3 is 2.82 bits per heavy atom. The number of thioether (sulfide) groups is 1. The highest BCUT2D eigenvalue weighted by Crippen LogP contribution is 2.16. The Hall–Kier alpha value is -1.59. The van der Waals surface area contributed by atoms with Gasteiger partial charge in [0.25, 0.3) is 5.91 Å². The number of carbonyl (C=O) groups is 1. The summed E-state index contributed by atoms with van der Waals surface area (Å²) in [6, 6.07) is 10.7. The molecule has 0 bridgehead atoms. The zero-order chi connectivity index (χ0) is 15.8. The smallest absolute Gasteiger partial charge is 0.260 e. The quantitative estimate of drug-likeness (QED) is 0.744. The molecule has 0 fully saturated rings. The molecule has 1 unspecified atom stereocenters. The first-order chi connectivity index (χ1) is 10.6. The minimum Gasteiger partial charge on any atom is -0.481 e. The molecule has 1 atom stereocenters. The number of halogens is 1. The fraction of sp³-hybridized carbons (Fsp3) is 0.312. The maximum atomic E-state index is 11.9. The second-order valence-electron chi connectivity index (χ2n) is 4.64. The van der Waals surface area contributed by atoms with Crippen LogP contribution in [-0.4, -0.2) is 24.3 Å². The van der Waals surface area contributed by atoms with Crippen LogP contribution in [0.15, 0.2) is 47.1 Å². The lowest BCUT2D eigenvalue weighted by molar-refractivity contribution is -0.127. The Kier molecular flexibility index (Phi) is 6.68. The molecule has 0 aliphatic carbocycles. The lowest BCUT2D eigenvalue weighted by Crippen LogP contribution is -2.37. The molecule has 1 aromatic carbocycles. The van der Waals surface area contributed by atoms with E-state index in [1.807, 2.05) is 12.1 Å². The summed E-state index contributed by atoms with van der Waals surface area (Å²) in [6.07, 6.45) is 1.12. The van der Waals surface area contributed by atoms with Crippen molar-refractivity contribution in [3.05, 3.63) is 53.4 Å². The second-order valence-corrected chi connectivity index (χ2v) is 6.18. The molecular weight excluding hydrogens is 322 g/mol. The number of hydrogen-bond donors (Lipinski definition) is 1. The molecule has 0 aliphatic rings. The van der Waals surface area contributed by atoms with E-state index in [1.54, 1.807) is 49.2 Å². The molecule has 1 amide bonds. The maximum Gasteiger partial charge on any atom is 0.260 e. The van der Waals surface area contributed by atoms with Gasteiger partial charge in [-0.2, -0.15) is 11.8 Å². The van der Waals surface area contributed by atoms with E-state index >= 15 is 0 Å². The molecule has 1 heterocycles. The first-order valence-corrected chi connectivity index (χ1v) is 8.48. The third kappa shape index (κ3) is 5.66. The van der Waals surface area contributed by atoms with Gasteiger partial charge >= 0.3 is 0 Å². The van der Waals surface area contributed by atoms with Gasteiger partial charge in [0.2, 0.25) is 0 Å². The van der Waals surface area contributed by atoms with E-state index in [0.717, 1.165) is 17.3 Å². The molecule has 4 nitrogen and oxygen atoms in total. The van der Waals surface area contributed by atoms with Gasteiger partial charge in [-0.1, -0.05) is 11.6 Å². The molecule has 0 radical (unpaired) electrons. The minimum atomic E-state index is -0.545. The highest BCUT2D eigenvalue weighted by Gasteiger charge is 2.13. The van der Waals surface area contributed by atoms with Crippen LogP contribution in [0.25, 0.3) is 0 Å². The predicted molar refractivity (Wildman–Crippen MR) is 89.4 cm³/mol. The van der Waals surface area contributed by atoms with Gasteiger partial charge in [-0.15, -0.1) is 0 Å². The van der Waals surface area contributed by atoms with Gasteiger partial charge < -0.3 is 14.5 Å². The summed E-state index contributed by atoms with van der Waals surface area (Å²) in [4.78, 5) is 11.9. The number of rotatable bonds is 8. The molecule has 2 rings (SSSR count). The van der Waals surface area contributed by atoms with Crippen molar-refractivity contribution in [3.8, 4) is 5.75 Å². The van der Waals surface area contributed by atoms with Crippen molar-refractivity contribution in [2.75, 3.05) is 12.3 Å². The van der Waals surface area contributed by atoms with E-state index in [2.05, 4.69) is 5.32 Å². The first-order valence-electron chi connectivity index (χ1n) is 6.95. The molecule has 1 aromatic heterocycles. The molecule has 0 aliphatic heterocycles. The fourth-order valence-electron chi connectivity index (χ4n) is 1.73. The highest BCUT2D eigenvalue weighted by atomic mass is 35.5. The fourth-order valence-corrected chi connectivity index (χ4v) is 2.61. The third-order valence-corrected chi connectivity index (χ3v) is 4.10. The standard InChI is InChI=1S/C16H18ClNO3S/c1-12(21-14-6-4-13(17)5-7-14)16(19)18-8-10-22-11-15-3-2-9-20-15/h2-7,9,12H,8,10-11H2,1H3,(H,18,19). The Labute approximate surface area is 139 Å². The van der Waals surface area contributed by atoms with E-state index in [-0.39, 0.29) is 5.91 Å². The molecule has 0 spiro atoms. The molecule has 0 saturated carbocycles. The summed E-state index contributed by atoms with van der Waals surface area (Å²) in [5, 5.41) is 3.49. The van der Waals surface area contributed by atoms with Crippen molar-refractivity contribution in [1.82, 2.24) is 5.32 Å². The highest BCUT2D eigenvalue weighted by molar-refractivity contribution is 7.98. The van der Waals surface area contributed by atoms with Crippen LogP contribution in [-0.2, 0) is 10.5 Å². The summed E-state index contributed by atoms with van der Waals surface area (Å²) in [7, 11) is 0. The number of furan rings is 1. The number of benzene rings is 1. The molecule has 118 valence electrons. The summed E-state index contributed by atoms with van der Waals surface area (Å²) in [5.74, 6) is 3.06. The number of ether oxygens (including phenoxy) is 1. The molecular formula is C16H18ClNO3S. The lowest BCUT2D eigenvalue weighted by atomic mass is 10.3. The third-order valence-electron chi connectivity index (χ3n) is 2.87. The SMILES string of the molecule is CC(Oc1ccc(Cl)cc1)C(=O)NCCSCc1ccco1. The van der Waals surface area contributed by atoms with E-state index < -0.39 is 6.10 Å². The van der Waals surface area contributed by atoms with Gasteiger partial charge in [-0.25, -0.2) is 0 Å². The maximum absolute atomic E-state index is 11.9. The molecule has 2 aromatic rings. The Morgan fingerprint density at radius 2 is 2.14 bits per heavy atom. The summed E-state index contributed by atoms with van der Waals surface area (Å²) >= 11 is 7.51. The van der Waals surface area contributed by atoms with Gasteiger partial charge in [0.15, 0.2) is 6.10 Å². The van der Waals surface area contributed by atoms with Crippen molar-refractivity contribution < 1.29 is 13.9 Å². The Morgan fingerprint density at radius 1 is 1.36 bits per heavy atom. The zero-order valence-electron chi connectivity index (χ0n) is 12.3. The number of carbonyl (C=O) groups excluding carboxylic acids is 1. The van der Waals surface area contributed by atoms with Gasteiger partial charge in [0, 0.05) is 17.3 Å². The summed E-state index contributed by atoms with van der Waals surface area (Å²) in [5.41, 5.74) is 0. The zero-order valence-corrected chi connectivity index (χ0v) is 13.8. The minimum absolute atomic E-state index is 0.131. The van der Waals surface area contributed by atoms with Crippen molar-refractivity contribution in [2.24, 2.45) is 0 Å². The van der Waals surface area contributed by atoms with Gasteiger partial charge in [0.1, 0.15) is 11.5 Å². The summed E-state index contributed by atoms with van der Waals surface area (Å²) in [6.45, 7) is 2.32. The normalized spacial score (nSPS) is 11.9. The monoisotopic (exact) mass is 339 g/mol. The van der Waals surface area contributed by atoms with E-state index in [1.165, 1.54) is 0 Å². The van der Waals surface area contributed by atoms with E-state index in [4.69, 9.17) is 20.8 Å². The molecule has 6 heteroatoms. The summed E-state index contributed by atoms with van der Waals surface area (Å²) < 4.78 is 10.8. The van der Waals surface area contributed by atoms with E-state index in [9.17, 15) is 4.79 Å². The topological polar surface area (TPSA) is 51.5 Å². The van der Waals surface area contributed by atoms with E-state index in [0.29, 0.717) is 17.3 Å². The van der Waals surface area contributed by atoms with Crippen molar-refractivity contribution in [2.45, 2.75) is 18.8 Å². The van der Waals surface area contributed by atoms with Crippen molar-refractivity contribution in [3.63, 3.8) is 0 Å². The average Bonchev–Trinajstić information content (AvgIpc) is 3.02. The molecule has 1 N–H and O–H groups in total. The van der Waals surface area contributed by atoms with Gasteiger partial charge in [-0.05, 0) is 43.3 Å². The molecule has 22 heavy (non-hydrogen) atoms. The van der Waals surface area contributed by atoms with Crippen LogP contribution in [0.1, 0.15) is 12.7 Å². The van der Waals surface area contributed by atoms with Crippen LogP contribution in [0.3, 0.4) is 0 Å². The van der Waals surface area contributed by atoms with Crippen LogP contribution in [0.5, 0.6) is 5.75 Å². The number of nitrogens with one attached hydrogen (secondary N) is 1. The van der Waals surface area contributed by atoms with Crippen LogP contribution in [0.2, 0.25) is 5.02 Å². The van der Waals surface area contributed by atoms with Crippen LogP contribution in [0, 0.1) is 0 Å². The predicted octanol–water partition coefficient (Wildman–Crippen LogP) is 3.75. The number of hydrogen-bond acceptors (Lipinski definition) is 4. The number of amides is 1. The first kappa shape index (κ1) is 16.8. The lowest BCUT2D eigenvalue weighted by Gasteiger charge is -2.14. The van der Waals surface area contributed by atoms with Crippen molar-refractivity contribution in [1.29, 1.82) is 0 Å². The Bertz CT molecular complexity index is 572. The second kappa shape index (κ2) is 8.76. The van der Waals surface area contributed by atoms with Gasteiger partial charge in [-0.3, -0.25) is 4.79 Å². The average molecular weight is 340 g/mol.